The second-order valence-electron chi connectivity index (χ2n) is 6.40. The van der Waals surface area contributed by atoms with Crippen molar-refractivity contribution in [3.63, 3.8) is 0 Å². The summed E-state index contributed by atoms with van der Waals surface area (Å²) in [5, 5.41) is 11.9. The highest BCUT2D eigenvalue weighted by Crippen LogP contribution is 2.33. The molecule has 2 heterocycles. The first kappa shape index (κ1) is 17.4. The third-order valence-electron chi connectivity index (χ3n) is 4.06. The molecule has 1 aliphatic rings. The molecule has 0 aliphatic heterocycles. The normalized spacial score (nSPS) is 15.4. The molecule has 1 fully saturated rings. The summed E-state index contributed by atoms with van der Waals surface area (Å²) in [6, 6.07) is -0.778. The van der Waals surface area contributed by atoms with Crippen LogP contribution >= 0.6 is 11.6 Å². The monoisotopic (exact) mass is 366 g/mol. The minimum Gasteiger partial charge on any atom is -0.480 e. The number of nitrogens with one attached hydrogen (secondary N) is 2. The number of aromatic nitrogens is 4. The van der Waals surface area contributed by atoms with Gasteiger partial charge in [-0.15, -0.1) is 0 Å². The quantitative estimate of drug-likeness (QED) is 0.629. The van der Waals surface area contributed by atoms with E-state index in [9.17, 15) is 14.7 Å². The van der Waals surface area contributed by atoms with Crippen LogP contribution in [0, 0.1) is 5.92 Å². The first-order valence-electron chi connectivity index (χ1n) is 8.02. The number of H-pyrrole nitrogens is 1. The number of halogens is 1. The van der Waals surface area contributed by atoms with Crippen molar-refractivity contribution in [3.8, 4) is 0 Å². The number of carboxylic acids is 1. The van der Waals surface area contributed by atoms with Gasteiger partial charge < -0.3 is 20.3 Å². The van der Waals surface area contributed by atoms with E-state index in [1.165, 1.54) is 6.33 Å². The number of imidazole rings is 1. The second-order valence-corrected chi connectivity index (χ2v) is 6.74. The summed E-state index contributed by atoms with van der Waals surface area (Å²) in [5.74, 6) is -1.15. The molecule has 0 aromatic carbocycles. The number of nitrogens with zero attached hydrogens (tertiary/aromatic N) is 4. The van der Waals surface area contributed by atoms with Crippen molar-refractivity contribution in [2.24, 2.45) is 5.92 Å². The third-order valence-corrected chi connectivity index (χ3v) is 4.23. The topological polar surface area (TPSA) is 124 Å². The van der Waals surface area contributed by atoms with Crippen LogP contribution in [0.1, 0.15) is 26.7 Å². The van der Waals surface area contributed by atoms with Gasteiger partial charge >= 0.3 is 5.97 Å². The molecule has 0 bridgehead atoms. The van der Waals surface area contributed by atoms with Crippen LogP contribution in [-0.4, -0.2) is 55.5 Å². The van der Waals surface area contributed by atoms with Crippen molar-refractivity contribution >= 4 is 40.5 Å². The lowest BCUT2D eigenvalue weighted by molar-refractivity contribution is -0.142. The number of amides is 1. The number of carbonyl (C=O) groups is 2. The van der Waals surface area contributed by atoms with E-state index in [1.54, 1.807) is 13.8 Å². The van der Waals surface area contributed by atoms with E-state index in [0.29, 0.717) is 17.0 Å². The molecule has 2 aromatic heterocycles. The van der Waals surface area contributed by atoms with E-state index in [-0.39, 0.29) is 29.7 Å². The zero-order valence-corrected chi connectivity index (χ0v) is 14.6. The average molecular weight is 367 g/mol. The Labute approximate surface area is 148 Å². The first-order valence-corrected chi connectivity index (χ1v) is 8.40. The van der Waals surface area contributed by atoms with Gasteiger partial charge in [0.1, 0.15) is 11.6 Å². The molecule has 3 N–H and O–H groups in total. The average Bonchev–Trinajstić information content (AvgIpc) is 3.26. The Morgan fingerprint density at radius 2 is 2.16 bits per heavy atom. The minimum atomic E-state index is -1.05. The standard InChI is InChI=1S/C15H19ClN6O3/c1-7(2)10(14(24)25)19-9(23)5-22(8-3-4-8)13-11-12(18-6-17-11)20-15(16)21-13/h6-8,10H,3-5H2,1-2H3,(H,19,23)(H,24,25)(H,17,18,20,21)/t10-/m0/s1. The van der Waals surface area contributed by atoms with E-state index in [0.717, 1.165) is 12.8 Å². The van der Waals surface area contributed by atoms with E-state index in [1.807, 2.05) is 4.90 Å². The number of aromatic amines is 1. The van der Waals surface area contributed by atoms with Gasteiger partial charge in [-0.3, -0.25) is 4.79 Å². The predicted molar refractivity (Wildman–Crippen MR) is 91.5 cm³/mol. The van der Waals surface area contributed by atoms with Gasteiger partial charge in [-0.05, 0) is 30.4 Å². The number of rotatable bonds is 7. The van der Waals surface area contributed by atoms with E-state index < -0.39 is 12.0 Å². The molecule has 0 spiro atoms. The van der Waals surface area contributed by atoms with Gasteiger partial charge in [0.2, 0.25) is 11.2 Å². The fourth-order valence-electron chi connectivity index (χ4n) is 2.65. The van der Waals surface area contributed by atoms with Crippen molar-refractivity contribution in [3.05, 3.63) is 11.6 Å². The zero-order valence-electron chi connectivity index (χ0n) is 13.9. The number of hydrogen-bond acceptors (Lipinski definition) is 6. The number of carboxylic acid groups (broad SMARTS) is 1. The highest BCUT2D eigenvalue weighted by Gasteiger charge is 2.34. The maximum absolute atomic E-state index is 12.4. The van der Waals surface area contributed by atoms with Crippen molar-refractivity contribution in [2.45, 2.75) is 38.8 Å². The minimum absolute atomic E-state index is 0.0113. The number of aliphatic carboxylic acids is 1. The van der Waals surface area contributed by atoms with Gasteiger partial charge in [-0.25, -0.2) is 9.78 Å². The van der Waals surface area contributed by atoms with Crippen molar-refractivity contribution in [1.29, 1.82) is 0 Å². The Hall–Kier alpha value is -2.42. The molecular weight excluding hydrogens is 348 g/mol. The van der Waals surface area contributed by atoms with Gasteiger partial charge in [0.05, 0.1) is 12.9 Å². The Kier molecular flexibility index (Phi) is 4.76. The molecule has 25 heavy (non-hydrogen) atoms. The maximum atomic E-state index is 12.4. The smallest absolute Gasteiger partial charge is 0.326 e. The molecule has 2 aromatic rings. The Balaban J connectivity index is 1.83. The third kappa shape index (κ3) is 3.81. The fourth-order valence-corrected chi connectivity index (χ4v) is 2.81. The molecule has 1 saturated carbocycles. The SMILES string of the molecule is CC(C)[C@H](NC(=O)CN(c1nc(Cl)nc2nc[nH]c12)C1CC1)C(=O)O. The Bertz CT molecular complexity index is 804. The van der Waals surface area contributed by atoms with Gasteiger partial charge in [0.15, 0.2) is 11.5 Å². The molecule has 1 aliphatic carbocycles. The van der Waals surface area contributed by atoms with Crippen molar-refractivity contribution in [2.75, 3.05) is 11.4 Å². The molecule has 0 unspecified atom stereocenters. The van der Waals surface area contributed by atoms with Gasteiger partial charge in [0, 0.05) is 6.04 Å². The van der Waals surface area contributed by atoms with Crippen molar-refractivity contribution < 1.29 is 14.7 Å². The Morgan fingerprint density at radius 1 is 1.44 bits per heavy atom. The summed E-state index contributed by atoms with van der Waals surface area (Å²) in [6.45, 7) is 3.48. The number of carbonyl (C=O) groups excluding carboxylic acids is 1. The first-order chi connectivity index (χ1) is 11.9. The van der Waals surface area contributed by atoms with Crippen molar-refractivity contribution in [1.82, 2.24) is 25.3 Å². The summed E-state index contributed by atoms with van der Waals surface area (Å²) in [5.41, 5.74) is 1.02. The summed E-state index contributed by atoms with van der Waals surface area (Å²) in [6.07, 6.45) is 3.34. The van der Waals surface area contributed by atoms with Gasteiger partial charge in [-0.2, -0.15) is 9.97 Å². The van der Waals surface area contributed by atoms with Gasteiger partial charge in [0.25, 0.3) is 0 Å². The largest absolute Gasteiger partial charge is 0.480 e. The highest BCUT2D eigenvalue weighted by molar-refractivity contribution is 6.28. The lowest BCUT2D eigenvalue weighted by atomic mass is 10.0. The Morgan fingerprint density at radius 3 is 2.76 bits per heavy atom. The van der Waals surface area contributed by atoms with Crippen LogP contribution in [0.15, 0.2) is 6.33 Å². The van der Waals surface area contributed by atoms with Crippen LogP contribution in [0.2, 0.25) is 5.28 Å². The summed E-state index contributed by atoms with van der Waals surface area (Å²) in [4.78, 5) is 40.9. The lowest BCUT2D eigenvalue weighted by Gasteiger charge is -2.25. The summed E-state index contributed by atoms with van der Waals surface area (Å²) in [7, 11) is 0. The molecule has 3 rings (SSSR count). The van der Waals surface area contributed by atoms with Crippen LogP contribution in [0.3, 0.4) is 0 Å². The van der Waals surface area contributed by atoms with Crippen LogP contribution in [-0.2, 0) is 9.59 Å². The summed E-state index contributed by atoms with van der Waals surface area (Å²) < 4.78 is 0. The predicted octanol–water partition coefficient (Wildman–Crippen LogP) is 1.20. The van der Waals surface area contributed by atoms with E-state index >= 15 is 0 Å². The summed E-state index contributed by atoms with van der Waals surface area (Å²) >= 11 is 5.97. The number of hydrogen-bond donors (Lipinski definition) is 3. The molecule has 10 heteroatoms. The molecule has 0 radical (unpaired) electrons. The zero-order chi connectivity index (χ0) is 18.1. The lowest BCUT2D eigenvalue weighted by Crippen LogP contribution is -2.48. The molecule has 0 saturated heterocycles. The number of fused-ring (bicyclic) bond motifs is 1. The van der Waals surface area contributed by atoms with Gasteiger partial charge in [-0.1, -0.05) is 13.8 Å². The van der Waals surface area contributed by atoms with E-state index in [4.69, 9.17) is 11.6 Å². The van der Waals surface area contributed by atoms with Crippen LogP contribution < -0.4 is 10.2 Å². The molecule has 9 nitrogen and oxygen atoms in total. The van der Waals surface area contributed by atoms with E-state index in [2.05, 4.69) is 25.3 Å². The molecule has 1 amide bonds. The maximum Gasteiger partial charge on any atom is 0.326 e. The van der Waals surface area contributed by atoms with Crippen LogP contribution in [0.25, 0.3) is 11.2 Å². The molecule has 134 valence electrons. The number of anilines is 1. The van der Waals surface area contributed by atoms with Crippen LogP contribution in [0.5, 0.6) is 0 Å². The highest BCUT2D eigenvalue weighted by atomic mass is 35.5. The van der Waals surface area contributed by atoms with Crippen LogP contribution in [0.4, 0.5) is 5.82 Å². The fraction of sp³-hybridized carbons (Fsp3) is 0.533. The molecular formula is C15H19ClN6O3. The molecule has 1 atom stereocenters. The second kappa shape index (κ2) is 6.83.